The van der Waals surface area contributed by atoms with Crippen molar-refractivity contribution in [2.75, 3.05) is 32.9 Å². The summed E-state index contributed by atoms with van der Waals surface area (Å²) in [7, 11) is 0. The summed E-state index contributed by atoms with van der Waals surface area (Å²) < 4.78 is 10.2. The second-order valence-corrected chi connectivity index (χ2v) is 3.98. The molecule has 0 aromatic carbocycles. The highest BCUT2D eigenvalue weighted by Gasteiger charge is 2.41. The van der Waals surface area contributed by atoms with Crippen LogP contribution < -0.4 is 5.32 Å². The summed E-state index contributed by atoms with van der Waals surface area (Å²) in [5, 5.41) is 3.25. The largest absolute Gasteiger partial charge is 0.466 e. The number of hydrogen-bond acceptors (Lipinski definition) is 4. The molecule has 14 heavy (non-hydrogen) atoms. The minimum absolute atomic E-state index is 0.0452. The average molecular weight is 199 g/mol. The number of rotatable bonds is 3. The Labute approximate surface area is 84.0 Å². The van der Waals surface area contributed by atoms with E-state index in [1.54, 1.807) is 0 Å². The van der Waals surface area contributed by atoms with Gasteiger partial charge in [-0.3, -0.25) is 4.79 Å². The van der Waals surface area contributed by atoms with Gasteiger partial charge < -0.3 is 14.8 Å². The van der Waals surface area contributed by atoms with Crippen molar-refractivity contribution in [3.8, 4) is 0 Å². The number of esters is 1. The van der Waals surface area contributed by atoms with Crippen LogP contribution in [-0.2, 0) is 14.3 Å². The Morgan fingerprint density at radius 1 is 1.50 bits per heavy atom. The Hall–Kier alpha value is -0.610. The molecular weight excluding hydrogens is 182 g/mol. The summed E-state index contributed by atoms with van der Waals surface area (Å²) in [4.78, 5) is 11.6. The zero-order chi connectivity index (χ0) is 9.97. The van der Waals surface area contributed by atoms with Gasteiger partial charge in [-0.1, -0.05) is 0 Å². The quantitative estimate of drug-likeness (QED) is 0.651. The molecule has 2 aliphatic heterocycles. The molecule has 0 spiro atoms. The minimum atomic E-state index is -0.0469. The molecule has 0 bridgehead atoms. The Morgan fingerprint density at radius 3 is 2.86 bits per heavy atom. The normalized spacial score (nSPS) is 32.6. The first-order valence-corrected chi connectivity index (χ1v) is 5.28. The van der Waals surface area contributed by atoms with Crippen LogP contribution in [0.3, 0.4) is 0 Å². The molecule has 0 aromatic rings. The van der Waals surface area contributed by atoms with Crippen molar-refractivity contribution in [3.63, 3.8) is 0 Å². The first kappa shape index (κ1) is 9.93. The maximum Gasteiger partial charge on any atom is 0.310 e. The van der Waals surface area contributed by atoms with E-state index in [1.807, 2.05) is 6.92 Å². The fourth-order valence-electron chi connectivity index (χ4n) is 2.20. The third-order valence-electron chi connectivity index (χ3n) is 3.12. The van der Waals surface area contributed by atoms with Gasteiger partial charge in [0.05, 0.1) is 25.7 Å². The molecule has 80 valence electrons. The number of carbonyl (C=O) groups excluding carboxylic acids is 1. The van der Waals surface area contributed by atoms with Crippen molar-refractivity contribution in [2.24, 2.45) is 17.8 Å². The monoisotopic (exact) mass is 199 g/mol. The van der Waals surface area contributed by atoms with Gasteiger partial charge in [0.1, 0.15) is 0 Å². The lowest BCUT2D eigenvalue weighted by Gasteiger charge is -2.33. The van der Waals surface area contributed by atoms with E-state index in [0.29, 0.717) is 18.4 Å². The Kier molecular flexibility index (Phi) is 3.03. The molecule has 0 saturated carbocycles. The van der Waals surface area contributed by atoms with Gasteiger partial charge in [-0.25, -0.2) is 0 Å². The van der Waals surface area contributed by atoms with Crippen molar-refractivity contribution < 1.29 is 14.3 Å². The van der Waals surface area contributed by atoms with Gasteiger partial charge in [0.25, 0.3) is 0 Å². The highest BCUT2D eigenvalue weighted by Crippen LogP contribution is 2.30. The van der Waals surface area contributed by atoms with E-state index in [-0.39, 0.29) is 11.9 Å². The average Bonchev–Trinajstić information content (AvgIpc) is 2.50. The van der Waals surface area contributed by atoms with Crippen molar-refractivity contribution in [2.45, 2.75) is 6.92 Å². The first-order valence-electron chi connectivity index (χ1n) is 5.28. The third-order valence-corrected chi connectivity index (χ3v) is 3.12. The van der Waals surface area contributed by atoms with E-state index in [2.05, 4.69) is 5.32 Å². The second-order valence-electron chi connectivity index (χ2n) is 3.98. The highest BCUT2D eigenvalue weighted by molar-refractivity contribution is 5.73. The summed E-state index contributed by atoms with van der Waals surface area (Å²) in [6.45, 7) is 5.63. The Bertz CT molecular complexity index is 215. The van der Waals surface area contributed by atoms with Crippen LogP contribution in [0.5, 0.6) is 0 Å². The maximum absolute atomic E-state index is 11.6. The molecule has 0 radical (unpaired) electrons. The smallest absolute Gasteiger partial charge is 0.310 e. The van der Waals surface area contributed by atoms with E-state index in [9.17, 15) is 4.79 Å². The highest BCUT2D eigenvalue weighted by atomic mass is 16.5. The van der Waals surface area contributed by atoms with Crippen LogP contribution in [0.25, 0.3) is 0 Å². The predicted octanol–water partition coefficient (Wildman–Crippen LogP) is 0.0315. The van der Waals surface area contributed by atoms with Crippen molar-refractivity contribution >= 4 is 5.97 Å². The van der Waals surface area contributed by atoms with E-state index in [0.717, 1.165) is 26.3 Å². The van der Waals surface area contributed by atoms with Crippen LogP contribution in [0.2, 0.25) is 0 Å². The molecular formula is C10H17NO3. The van der Waals surface area contributed by atoms with Crippen molar-refractivity contribution in [3.05, 3.63) is 0 Å². The zero-order valence-corrected chi connectivity index (χ0v) is 8.49. The molecule has 0 aliphatic carbocycles. The van der Waals surface area contributed by atoms with Crippen LogP contribution in [0.4, 0.5) is 0 Å². The number of hydrogen-bond donors (Lipinski definition) is 1. The molecule has 4 heteroatoms. The lowest BCUT2D eigenvalue weighted by atomic mass is 9.83. The summed E-state index contributed by atoms with van der Waals surface area (Å²) >= 11 is 0. The van der Waals surface area contributed by atoms with Gasteiger partial charge in [-0.05, 0) is 19.4 Å². The molecule has 4 nitrogen and oxygen atoms in total. The molecule has 2 rings (SSSR count). The molecule has 0 amide bonds. The number of ether oxygens (including phenoxy) is 2. The summed E-state index contributed by atoms with van der Waals surface area (Å²) in [5.74, 6) is 0.973. The molecule has 0 unspecified atom stereocenters. The van der Waals surface area contributed by atoms with Crippen LogP contribution in [0, 0.1) is 17.8 Å². The molecule has 1 N–H and O–H groups in total. The minimum Gasteiger partial charge on any atom is -0.466 e. The number of nitrogens with one attached hydrogen (secondary N) is 1. The van der Waals surface area contributed by atoms with Crippen molar-refractivity contribution in [1.82, 2.24) is 5.32 Å². The summed E-state index contributed by atoms with van der Waals surface area (Å²) in [6, 6.07) is 0. The number of carbonyl (C=O) groups is 1. The van der Waals surface area contributed by atoms with Gasteiger partial charge in [0, 0.05) is 12.5 Å². The SMILES string of the molecule is CCOC(=O)[C@H]1CNC[C@@H]1C1COC1. The van der Waals surface area contributed by atoms with Gasteiger partial charge in [-0.15, -0.1) is 0 Å². The van der Waals surface area contributed by atoms with E-state index >= 15 is 0 Å². The topological polar surface area (TPSA) is 47.6 Å². The molecule has 2 fully saturated rings. The van der Waals surface area contributed by atoms with E-state index in [4.69, 9.17) is 9.47 Å². The lowest BCUT2D eigenvalue weighted by molar-refractivity contribution is -0.152. The molecule has 0 aromatic heterocycles. The maximum atomic E-state index is 11.6. The van der Waals surface area contributed by atoms with Crippen LogP contribution in [0.15, 0.2) is 0 Å². The van der Waals surface area contributed by atoms with Gasteiger partial charge in [0.2, 0.25) is 0 Å². The van der Waals surface area contributed by atoms with E-state index < -0.39 is 0 Å². The predicted molar refractivity (Wildman–Crippen MR) is 50.8 cm³/mol. The standard InChI is InChI=1S/C10H17NO3/c1-2-14-10(12)9-4-11-3-8(9)7-5-13-6-7/h7-9,11H,2-6H2,1H3/t8-,9+/m1/s1. The van der Waals surface area contributed by atoms with Crippen molar-refractivity contribution in [1.29, 1.82) is 0 Å². The summed E-state index contributed by atoms with van der Waals surface area (Å²) in [5.41, 5.74) is 0. The second kappa shape index (κ2) is 4.28. The van der Waals surface area contributed by atoms with Gasteiger partial charge >= 0.3 is 5.97 Å². The van der Waals surface area contributed by atoms with Crippen LogP contribution >= 0.6 is 0 Å². The Balaban J connectivity index is 1.92. The molecule has 2 aliphatic rings. The first-order chi connectivity index (χ1) is 6.83. The van der Waals surface area contributed by atoms with Gasteiger partial charge in [0.15, 0.2) is 0 Å². The Morgan fingerprint density at radius 2 is 2.29 bits per heavy atom. The third kappa shape index (κ3) is 1.77. The molecule has 2 saturated heterocycles. The zero-order valence-electron chi connectivity index (χ0n) is 8.49. The summed E-state index contributed by atoms with van der Waals surface area (Å²) in [6.07, 6.45) is 0. The van der Waals surface area contributed by atoms with Crippen LogP contribution in [-0.4, -0.2) is 38.9 Å². The lowest BCUT2D eigenvalue weighted by Crippen LogP contribution is -2.40. The molecule has 2 heterocycles. The molecule has 2 atom stereocenters. The van der Waals surface area contributed by atoms with Crippen LogP contribution in [0.1, 0.15) is 6.92 Å². The van der Waals surface area contributed by atoms with E-state index in [1.165, 1.54) is 0 Å². The van der Waals surface area contributed by atoms with Gasteiger partial charge in [-0.2, -0.15) is 0 Å². The fourth-order valence-corrected chi connectivity index (χ4v) is 2.20. The fraction of sp³-hybridized carbons (Fsp3) is 0.900.